The van der Waals surface area contributed by atoms with Crippen molar-refractivity contribution in [2.24, 2.45) is 0 Å². The Hall–Kier alpha value is -1.95. The first-order valence-electron chi connectivity index (χ1n) is 7.01. The topological polar surface area (TPSA) is 78.4 Å². The summed E-state index contributed by atoms with van der Waals surface area (Å²) in [5.74, 6) is -1.12. The zero-order valence-corrected chi connectivity index (χ0v) is 11.7. The van der Waals surface area contributed by atoms with Crippen LogP contribution in [0.25, 0.3) is 0 Å². The quantitative estimate of drug-likeness (QED) is 0.771. The molecule has 1 aliphatic rings. The maximum Gasteiger partial charge on any atom is 0.243 e. The second-order valence-electron chi connectivity index (χ2n) is 5.44. The lowest BCUT2D eigenvalue weighted by atomic mass is 9.98. The molecule has 1 fully saturated rings. The number of halogens is 1. The summed E-state index contributed by atoms with van der Waals surface area (Å²) in [6.45, 7) is -0.174. The summed E-state index contributed by atoms with van der Waals surface area (Å²) in [7, 11) is 0. The van der Waals surface area contributed by atoms with Crippen LogP contribution in [0.4, 0.5) is 10.1 Å². The number of carbonyl (C=O) groups excluding carboxylic acids is 2. The Bertz CT molecular complexity index is 510. The van der Waals surface area contributed by atoms with E-state index in [0.29, 0.717) is 18.5 Å². The predicted octanol–water partition coefficient (Wildman–Crippen LogP) is 1.58. The van der Waals surface area contributed by atoms with E-state index in [1.807, 2.05) is 0 Å². The number of aliphatic hydroxyl groups is 1. The number of nitrogens with one attached hydrogen (secondary N) is 2. The van der Waals surface area contributed by atoms with Gasteiger partial charge in [-0.3, -0.25) is 9.59 Å². The fourth-order valence-electron chi connectivity index (χ4n) is 2.49. The van der Waals surface area contributed by atoms with Gasteiger partial charge in [0.05, 0.1) is 18.6 Å². The zero-order valence-electron chi connectivity index (χ0n) is 11.7. The summed E-state index contributed by atoms with van der Waals surface area (Å²) in [6, 6.07) is 5.36. The predicted molar refractivity (Wildman–Crippen MR) is 76.1 cm³/mol. The molecule has 0 radical (unpaired) electrons. The van der Waals surface area contributed by atoms with E-state index in [0.717, 1.165) is 12.8 Å². The molecule has 0 aliphatic heterocycles. The number of rotatable bonds is 5. The summed E-state index contributed by atoms with van der Waals surface area (Å²) in [5, 5.41) is 15.1. The van der Waals surface area contributed by atoms with Crippen molar-refractivity contribution in [3.63, 3.8) is 0 Å². The molecule has 114 valence electrons. The fraction of sp³-hybridized carbons (Fsp3) is 0.467. The Balaban J connectivity index is 1.73. The van der Waals surface area contributed by atoms with E-state index >= 15 is 0 Å². The molecule has 0 spiro atoms. The minimum Gasteiger partial charge on any atom is -0.389 e. The summed E-state index contributed by atoms with van der Waals surface area (Å²) in [4.78, 5) is 23.3. The van der Waals surface area contributed by atoms with Gasteiger partial charge >= 0.3 is 0 Å². The van der Waals surface area contributed by atoms with E-state index in [9.17, 15) is 19.1 Å². The van der Waals surface area contributed by atoms with Gasteiger partial charge in [-0.1, -0.05) is 12.8 Å². The van der Waals surface area contributed by atoms with Crippen LogP contribution in [0.3, 0.4) is 0 Å². The van der Waals surface area contributed by atoms with Crippen molar-refractivity contribution in [1.29, 1.82) is 0 Å². The molecule has 3 N–H and O–H groups in total. The molecule has 1 saturated carbocycles. The van der Waals surface area contributed by atoms with Gasteiger partial charge in [0.25, 0.3) is 0 Å². The molecular weight excluding hydrogens is 275 g/mol. The average molecular weight is 294 g/mol. The van der Waals surface area contributed by atoms with E-state index in [4.69, 9.17) is 0 Å². The highest BCUT2D eigenvalue weighted by Gasteiger charge is 2.33. The number of hydrogen-bond donors (Lipinski definition) is 3. The maximum absolute atomic E-state index is 12.7. The zero-order chi connectivity index (χ0) is 15.3. The number of benzene rings is 1. The van der Waals surface area contributed by atoms with Crippen molar-refractivity contribution in [2.45, 2.75) is 37.7 Å². The number of amides is 2. The van der Waals surface area contributed by atoms with Crippen molar-refractivity contribution in [3.05, 3.63) is 30.1 Å². The summed E-state index contributed by atoms with van der Waals surface area (Å²) in [6.07, 6.45) is 3.13. The van der Waals surface area contributed by atoms with Crippen LogP contribution in [-0.2, 0) is 9.59 Å². The number of hydrogen-bond acceptors (Lipinski definition) is 3. The van der Waals surface area contributed by atoms with E-state index < -0.39 is 11.5 Å². The Morgan fingerprint density at radius 1 is 1.14 bits per heavy atom. The lowest BCUT2D eigenvalue weighted by Gasteiger charge is -2.20. The Labute approximate surface area is 122 Å². The Morgan fingerprint density at radius 3 is 2.38 bits per heavy atom. The van der Waals surface area contributed by atoms with Gasteiger partial charge in [0, 0.05) is 5.69 Å². The van der Waals surface area contributed by atoms with E-state index in [1.165, 1.54) is 24.3 Å². The highest BCUT2D eigenvalue weighted by Crippen LogP contribution is 2.32. The van der Waals surface area contributed by atoms with Gasteiger partial charge in [0.15, 0.2) is 0 Å². The first-order chi connectivity index (χ1) is 9.97. The van der Waals surface area contributed by atoms with E-state index in [-0.39, 0.29) is 24.7 Å². The van der Waals surface area contributed by atoms with Crippen molar-refractivity contribution in [1.82, 2.24) is 5.32 Å². The molecule has 21 heavy (non-hydrogen) atoms. The standard InChI is InChI=1S/C15H19FN2O3/c16-11-3-5-12(6-4-11)18-14(20)10-17-13(19)9-15(21)7-1-2-8-15/h3-6,21H,1-2,7-10H2,(H,17,19)(H,18,20). The average Bonchev–Trinajstić information content (AvgIpc) is 2.85. The van der Waals surface area contributed by atoms with Gasteiger partial charge in [0.1, 0.15) is 5.82 Å². The highest BCUT2D eigenvalue weighted by atomic mass is 19.1. The summed E-state index contributed by atoms with van der Waals surface area (Å²) in [5.41, 5.74) is -0.456. The van der Waals surface area contributed by atoms with Crippen molar-refractivity contribution in [3.8, 4) is 0 Å². The normalized spacial score (nSPS) is 16.5. The number of carbonyl (C=O) groups is 2. The molecule has 0 heterocycles. The Morgan fingerprint density at radius 2 is 1.76 bits per heavy atom. The first kappa shape index (κ1) is 15.4. The van der Waals surface area contributed by atoms with Crippen LogP contribution < -0.4 is 10.6 Å². The van der Waals surface area contributed by atoms with E-state index in [1.54, 1.807) is 0 Å². The second kappa shape index (κ2) is 6.67. The molecule has 0 aromatic heterocycles. The van der Waals surface area contributed by atoms with Crippen LogP contribution in [0, 0.1) is 5.82 Å². The molecule has 5 nitrogen and oxygen atoms in total. The Kier molecular flexibility index (Phi) is 4.90. The molecule has 0 atom stereocenters. The van der Waals surface area contributed by atoms with Crippen molar-refractivity contribution in [2.75, 3.05) is 11.9 Å². The molecular formula is C15H19FN2O3. The van der Waals surface area contributed by atoms with Gasteiger partial charge in [-0.25, -0.2) is 4.39 Å². The lowest BCUT2D eigenvalue weighted by Crippen LogP contribution is -2.38. The van der Waals surface area contributed by atoms with E-state index in [2.05, 4.69) is 10.6 Å². The monoisotopic (exact) mass is 294 g/mol. The molecule has 6 heteroatoms. The molecule has 0 bridgehead atoms. The van der Waals surface area contributed by atoms with Gasteiger partial charge < -0.3 is 15.7 Å². The smallest absolute Gasteiger partial charge is 0.243 e. The fourth-order valence-corrected chi connectivity index (χ4v) is 2.49. The lowest BCUT2D eigenvalue weighted by molar-refractivity contribution is -0.128. The van der Waals surface area contributed by atoms with Crippen molar-refractivity contribution < 1.29 is 19.1 Å². The molecule has 1 aliphatic carbocycles. The SMILES string of the molecule is O=C(CC1(O)CCCC1)NCC(=O)Nc1ccc(F)cc1. The molecule has 0 saturated heterocycles. The first-order valence-corrected chi connectivity index (χ1v) is 7.01. The summed E-state index contributed by atoms with van der Waals surface area (Å²) >= 11 is 0. The molecule has 2 rings (SSSR count). The van der Waals surface area contributed by atoms with Crippen LogP contribution in [0.5, 0.6) is 0 Å². The van der Waals surface area contributed by atoms with Crippen LogP contribution in [0.1, 0.15) is 32.1 Å². The minimum absolute atomic E-state index is 0.0246. The number of anilines is 1. The highest BCUT2D eigenvalue weighted by molar-refractivity contribution is 5.94. The van der Waals surface area contributed by atoms with Gasteiger partial charge in [-0.05, 0) is 37.1 Å². The van der Waals surface area contributed by atoms with Crippen LogP contribution >= 0.6 is 0 Å². The summed E-state index contributed by atoms with van der Waals surface area (Å²) < 4.78 is 12.7. The van der Waals surface area contributed by atoms with Gasteiger partial charge in [-0.2, -0.15) is 0 Å². The second-order valence-corrected chi connectivity index (χ2v) is 5.44. The third-order valence-electron chi connectivity index (χ3n) is 3.60. The molecule has 0 unspecified atom stereocenters. The minimum atomic E-state index is -0.919. The van der Waals surface area contributed by atoms with Gasteiger partial charge in [-0.15, -0.1) is 0 Å². The third kappa shape index (κ3) is 4.82. The van der Waals surface area contributed by atoms with Crippen LogP contribution in [0.2, 0.25) is 0 Å². The van der Waals surface area contributed by atoms with Crippen LogP contribution in [-0.4, -0.2) is 29.1 Å². The largest absolute Gasteiger partial charge is 0.389 e. The molecule has 1 aromatic carbocycles. The van der Waals surface area contributed by atoms with Crippen LogP contribution in [0.15, 0.2) is 24.3 Å². The molecule has 2 amide bonds. The third-order valence-corrected chi connectivity index (χ3v) is 3.60. The molecule has 1 aromatic rings. The van der Waals surface area contributed by atoms with Crippen molar-refractivity contribution >= 4 is 17.5 Å². The maximum atomic E-state index is 12.7. The van der Waals surface area contributed by atoms with Gasteiger partial charge in [0.2, 0.25) is 11.8 Å².